The molecule has 1 aromatic heterocycles. The standard InChI is InChI=1S/C23H18N4O5/c28-18-9-8-17(21(30)26-18)27-22(31)14-6-3-5-13(19(14)23(27)32)11-24-20(29)16-10-12-4-1-2-7-15(12)25-16/h1-7,10,17,25H,8-9,11H2,(H,24,29)(H,26,28,30). The van der Waals surface area contributed by atoms with Gasteiger partial charge in [-0.25, -0.2) is 0 Å². The zero-order chi connectivity index (χ0) is 22.4. The van der Waals surface area contributed by atoms with Gasteiger partial charge in [-0.3, -0.25) is 34.2 Å². The van der Waals surface area contributed by atoms with Crippen molar-refractivity contribution in [1.29, 1.82) is 0 Å². The first-order valence-corrected chi connectivity index (χ1v) is 10.1. The molecule has 2 aliphatic heterocycles. The van der Waals surface area contributed by atoms with E-state index in [2.05, 4.69) is 15.6 Å². The van der Waals surface area contributed by atoms with E-state index in [1.807, 2.05) is 24.3 Å². The molecule has 5 rings (SSSR count). The molecule has 0 spiro atoms. The summed E-state index contributed by atoms with van der Waals surface area (Å²) in [6.07, 6.45) is 0.139. The summed E-state index contributed by atoms with van der Waals surface area (Å²) in [5, 5.41) is 5.85. The molecule has 5 amide bonds. The molecular weight excluding hydrogens is 412 g/mol. The van der Waals surface area contributed by atoms with Crippen LogP contribution in [0.3, 0.4) is 0 Å². The third kappa shape index (κ3) is 3.15. The van der Waals surface area contributed by atoms with Crippen LogP contribution in [-0.4, -0.2) is 45.5 Å². The Labute approximate surface area is 181 Å². The van der Waals surface area contributed by atoms with Crippen LogP contribution in [0.5, 0.6) is 0 Å². The SMILES string of the molecule is O=C1CCC(N2C(=O)c3cccc(CNC(=O)c4cc5ccccc5[nH]4)c3C2=O)C(=O)N1. The second kappa shape index (κ2) is 7.45. The Morgan fingerprint density at radius 3 is 2.62 bits per heavy atom. The predicted octanol–water partition coefficient (Wildman–Crippen LogP) is 1.50. The zero-order valence-corrected chi connectivity index (χ0v) is 16.8. The minimum atomic E-state index is -1.03. The highest BCUT2D eigenvalue weighted by atomic mass is 16.2. The Hall–Kier alpha value is -4.27. The largest absolute Gasteiger partial charge is 0.351 e. The number of carbonyl (C=O) groups is 5. The van der Waals surface area contributed by atoms with E-state index in [1.54, 1.807) is 18.2 Å². The van der Waals surface area contributed by atoms with E-state index in [0.717, 1.165) is 15.8 Å². The summed E-state index contributed by atoms with van der Waals surface area (Å²) in [6, 6.07) is 13.0. The normalized spacial score (nSPS) is 18.1. The Morgan fingerprint density at radius 1 is 1.03 bits per heavy atom. The third-order valence-corrected chi connectivity index (χ3v) is 5.77. The van der Waals surface area contributed by atoms with Crippen LogP contribution in [0, 0.1) is 0 Å². The molecule has 1 fully saturated rings. The van der Waals surface area contributed by atoms with Crippen molar-refractivity contribution in [3.05, 3.63) is 70.9 Å². The number of rotatable bonds is 4. The lowest BCUT2D eigenvalue weighted by atomic mass is 10.0. The van der Waals surface area contributed by atoms with Gasteiger partial charge in [-0.1, -0.05) is 30.3 Å². The topological polar surface area (TPSA) is 128 Å². The van der Waals surface area contributed by atoms with E-state index in [0.29, 0.717) is 11.3 Å². The fraction of sp³-hybridized carbons (Fsp3) is 0.174. The molecule has 9 nitrogen and oxygen atoms in total. The van der Waals surface area contributed by atoms with Crippen LogP contribution in [0.15, 0.2) is 48.5 Å². The first-order chi connectivity index (χ1) is 15.4. The van der Waals surface area contributed by atoms with Crippen LogP contribution in [0.1, 0.15) is 49.6 Å². The van der Waals surface area contributed by atoms with Gasteiger partial charge in [-0.15, -0.1) is 0 Å². The van der Waals surface area contributed by atoms with Crippen LogP contribution < -0.4 is 10.6 Å². The molecule has 3 heterocycles. The van der Waals surface area contributed by atoms with Crippen LogP contribution in [0.4, 0.5) is 0 Å². The van der Waals surface area contributed by atoms with Gasteiger partial charge in [0.25, 0.3) is 17.7 Å². The number of carbonyl (C=O) groups excluding carboxylic acids is 5. The van der Waals surface area contributed by atoms with Crippen LogP contribution in [0.2, 0.25) is 0 Å². The Bertz CT molecular complexity index is 1290. The molecule has 1 unspecified atom stereocenters. The van der Waals surface area contributed by atoms with Gasteiger partial charge < -0.3 is 10.3 Å². The van der Waals surface area contributed by atoms with Crippen molar-refractivity contribution in [1.82, 2.24) is 20.5 Å². The number of para-hydroxylation sites is 1. The van der Waals surface area contributed by atoms with Gasteiger partial charge >= 0.3 is 0 Å². The third-order valence-electron chi connectivity index (χ3n) is 5.77. The summed E-state index contributed by atoms with van der Waals surface area (Å²) in [7, 11) is 0. The highest BCUT2D eigenvalue weighted by Crippen LogP contribution is 2.30. The maximum Gasteiger partial charge on any atom is 0.267 e. The summed E-state index contributed by atoms with van der Waals surface area (Å²) >= 11 is 0. The maximum absolute atomic E-state index is 13.1. The highest BCUT2D eigenvalue weighted by molar-refractivity contribution is 6.24. The number of fused-ring (bicyclic) bond motifs is 2. The number of nitrogens with zero attached hydrogens (tertiary/aromatic N) is 1. The van der Waals surface area contributed by atoms with Gasteiger partial charge in [0.15, 0.2) is 0 Å². The molecule has 3 N–H and O–H groups in total. The predicted molar refractivity (Wildman–Crippen MR) is 113 cm³/mol. The molecule has 1 atom stereocenters. The summed E-state index contributed by atoms with van der Waals surface area (Å²) in [6.45, 7) is 0.0274. The summed E-state index contributed by atoms with van der Waals surface area (Å²) in [5.41, 5.74) is 2.03. The van der Waals surface area contributed by atoms with Gasteiger partial charge in [0.05, 0.1) is 11.1 Å². The average molecular weight is 430 g/mol. The van der Waals surface area contributed by atoms with Crippen LogP contribution in [-0.2, 0) is 16.1 Å². The zero-order valence-electron chi connectivity index (χ0n) is 16.8. The molecule has 160 valence electrons. The minimum absolute atomic E-state index is 0.0274. The van der Waals surface area contributed by atoms with E-state index in [9.17, 15) is 24.0 Å². The second-order valence-electron chi connectivity index (χ2n) is 7.74. The number of H-pyrrole nitrogens is 1. The van der Waals surface area contributed by atoms with E-state index < -0.39 is 29.7 Å². The quantitative estimate of drug-likeness (QED) is 0.541. The Kier molecular flexibility index (Phi) is 4.58. The number of hydrogen-bond acceptors (Lipinski definition) is 5. The molecule has 9 heteroatoms. The molecule has 0 aliphatic carbocycles. The lowest BCUT2D eigenvalue weighted by molar-refractivity contribution is -0.136. The number of imide groups is 2. The van der Waals surface area contributed by atoms with Crippen LogP contribution >= 0.6 is 0 Å². The van der Waals surface area contributed by atoms with Crippen molar-refractivity contribution >= 4 is 40.4 Å². The fourth-order valence-corrected chi connectivity index (χ4v) is 4.20. The van der Waals surface area contributed by atoms with Crippen molar-refractivity contribution in [2.45, 2.75) is 25.4 Å². The Morgan fingerprint density at radius 2 is 1.84 bits per heavy atom. The number of aromatic nitrogens is 1. The molecule has 32 heavy (non-hydrogen) atoms. The average Bonchev–Trinajstić information content (AvgIpc) is 3.32. The van der Waals surface area contributed by atoms with Crippen molar-refractivity contribution in [3.63, 3.8) is 0 Å². The number of nitrogens with one attached hydrogen (secondary N) is 3. The number of aromatic amines is 1. The van der Waals surface area contributed by atoms with Crippen molar-refractivity contribution in [2.24, 2.45) is 0 Å². The number of benzene rings is 2. The van der Waals surface area contributed by atoms with E-state index >= 15 is 0 Å². The molecular formula is C23H18N4O5. The smallest absolute Gasteiger partial charge is 0.267 e. The molecule has 0 bridgehead atoms. The van der Waals surface area contributed by atoms with Crippen LogP contribution in [0.25, 0.3) is 10.9 Å². The van der Waals surface area contributed by atoms with Crippen molar-refractivity contribution < 1.29 is 24.0 Å². The first kappa shape index (κ1) is 19.7. The lowest BCUT2D eigenvalue weighted by Crippen LogP contribution is -2.54. The minimum Gasteiger partial charge on any atom is -0.351 e. The number of piperidine rings is 1. The van der Waals surface area contributed by atoms with Gasteiger partial charge in [0, 0.05) is 23.9 Å². The summed E-state index contributed by atoms with van der Waals surface area (Å²) in [5.74, 6) is -2.62. The van der Waals surface area contributed by atoms with E-state index in [4.69, 9.17) is 0 Å². The van der Waals surface area contributed by atoms with E-state index in [1.165, 1.54) is 6.07 Å². The molecule has 0 radical (unpaired) electrons. The first-order valence-electron chi connectivity index (χ1n) is 10.1. The van der Waals surface area contributed by atoms with Gasteiger partial charge in [0.2, 0.25) is 11.8 Å². The summed E-state index contributed by atoms with van der Waals surface area (Å²) < 4.78 is 0. The van der Waals surface area contributed by atoms with Gasteiger partial charge in [-0.05, 0) is 30.2 Å². The lowest BCUT2D eigenvalue weighted by Gasteiger charge is -2.27. The number of hydrogen-bond donors (Lipinski definition) is 3. The summed E-state index contributed by atoms with van der Waals surface area (Å²) in [4.78, 5) is 66.2. The number of amides is 5. The van der Waals surface area contributed by atoms with Gasteiger partial charge in [-0.2, -0.15) is 0 Å². The second-order valence-corrected chi connectivity index (χ2v) is 7.74. The molecule has 3 aromatic rings. The molecule has 1 saturated heterocycles. The fourth-order valence-electron chi connectivity index (χ4n) is 4.20. The molecule has 2 aromatic carbocycles. The van der Waals surface area contributed by atoms with E-state index in [-0.39, 0.29) is 36.4 Å². The molecule has 2 aliphatic rings. The van der Waals surface area contributed by atoms with Crippen molar-refractivity contribution in [2.75, 3.05) is 0 Å². The maximum atomic E-state index is 13.1. The monoisotopic (exact) mass is 430 g/mol. The molecule has 0 saturated carbocycles. The van der Waals surface area contributed by atoms with Crippen molar-refractivity contribution in [3.8, 4) is 0 Å². The van der Waals surface area contributed by atoms with Gasteiger partial charge in [0.1, 0.15) is 11.7 Å². The Balaban J connectivity index is 1.37. The highest BCUT2D eigenvalue weighted by Gasteiger charge is 2.45.